The quantitative estimate of drug-likeness (QED) is 0.842. The Morgan fingerprint density at radius 1 is 0.852 bits per heavy atom. The molecule has 4 heterocycles. The molecule has 7 heteroatoms. The van der Waals surface area contributed by atoms with Crippen molar-refractivity contribution in [3.63, 3.8) is 0 Å². The van der Waals surface area contributed by atoms with Crippen LogP contribution in [0, 0.1) is 11.8 Å². The molecule has 2 unspecified atom stereocenters. The lowest BCUT2D eigenvalue weighted by molar-refractivity contribution is -0.140. The number of anilines is 1. The molecule has 3 aliphatic rings. The number of carbonyl (C=O) groups is 2. The lowest BCUT2D eigenvalue weighted by Gasteiger charge is -2.39. The predicted molar refractivity (Wildman–Crippen MR) is 103 cm³/mol. The second-order valence-corrected chi connectivity index (χ2v) is 7.84. The average molecular weight is 371 g/mol. The number of nitrogens with one attached hydrogen (secondary N) is 1. The summed E-state index contributed by atoms with van der Waals surface area (Å²) in [5.74, 6) is 0.308. The van der Waals surface area contributed by atoms with E-state index in [9.17, 15) is 9.59 Å². The Balaban J connectivity index is 1.31. The number of piperazine rings is 1. The van der Waals surface area contributed by atoms with Crippen molar-refractivity contribution in [3.8, 4) is 0 Å². The summed E-state index contributed by atoms with van der Waals surface area (Å²) in [6.45, 7) is 6.31. The van der Waals surface area contributed by atoms with Gasteiger partial charge in [-0.15, -0.1) is 0 Å². The number of nitrogens with zero attached hydrogens (tertiary/aromatic N) is 4. The van der Waals surface area contributed by atoms with Gasteiger partial charge in [0.2, 0.25) is 11.8 Å². The highest BCUT2D eigenvalue weighted by Gasteiger charge is 2.36. The summed E-state index contributed by atoms with van der Waals surface area (Å²) in [6, 6.07) is 4.02. The molecule has 1 aromatic rings. The van der Waals surface area contributed by atoms with Crippen molar-refractivity contribution in [1.29, 1.82) is 0 Å². The van der Waals surface area contributed by atoms with Crippen LogP contribution < -0.4 is 10.2 Å². The normalized spacial score (nSPS) is 26.3. The molecule has 1 N–H and O–H groups in total. The third kappa shape index (κ3) is 4.08. The zero-order valence-corrected chi connectivity index (χ0v) is 15.8. The first-order valence-corrected chi connectivity index (χ1v) is 10.2. The fraction of sp³-hybridized carbons (Fsp3) is 0.650. The maximum atomic E-state index is 13.0. The Labute approximate surface area is 160 Å². The standard InChI is InChI=1S/C20H29N5O2/c26-19(24-7-1-2-8-24)16-13-17(15-22-14-16)20(27)25-11-9-23(10-12-25)18-3-5-21-6-4-18/h3-6,16-17,22H,1-2,7-15H2. The van der Waals surface area contributed by atoms with Crippen molar-refractivity contribution in [1.82, 2.24) is 20.1 Å². The molecule has 0 spiro atoms. The zero-order valence-electron chi connectivity index (χ0n) is 15.8. The fourth-order valence-electron chi connectivity index (χ4n) is 4.51. The third-order valence-electron chi connectivity index (χ3n) is 6.09. The molecule has 1 aromatic heterocycles. The largest absolute Gasteiger partial charge is 0.368 e. The lowest BCUT2D eigenvalue weighted by Crippen LogP contribution is -2.54. The molecule has 0 radical (unpaired) electrons. The molecule has 146 valence electrons. The highest BCUT2D eigenvalue weighted by atomic mass is 16.2. The van der Waals surface area contributed by atoms with Crippen molar-refractivity contribution in [2.75, 3.05) is 57.3 Å². The number of hydrogen-bond donors (Lipinski definition) is 1. The van der Waals surface area contributed by atoms with Crippen LogP contribution in [0.5, 0.6) is 0 Å². The fourth-order valence-corrected chi connectivity index (χ4v) is 4.51. The highest BCUT2D eigenvalue weighted by molar-refractivity contribution is 5.83. The number of amides is 2. The van der Waals surface area contributed by atoms with E-state index < -0.39 is 0 Å². The zero-order chi connectivity index (χ0) is 18.6. The Kier molecular flexibility index (Phi) is 5.57. The van der Waals surface area contributed by atoms with Gasteiger partial charge in [-0.25, -0.2) is 0 Å². The van der Waals surface area contributed by atoms with Gasteiger partial charge in [0.05, 0.1) is 11.8 Å². The van der Waals surface area contributed by atoms with Gasteiger partial charge in [0.1, 0.15) is 0 Å². The SMILES string of the molecule is O=C(C1CNCC(C(=O)N2CCN(c3ccncc3)CC2)C1)N1CCCC1. The maximum Gasteiger partial charge on any atom is 0.227 e. The summed E-state index contributed by atoms with van der Waals surface area (Å²) in [4.78, 5) is 36.0. The number of likely N-dealkylation sites (tertiary alicyclic amines) is 1. The van der Waals surface area contributed by atoms with Crippen molar-refractivity contribution in [3.05, 3.63) is 24.5 Å². The molecule has 0 saturated carbocycles. The molecule has 3 saturated heterocycles. The second-order valence-electron chi connectivity index (χ2n) is 7.84. The Hall–Kier alpha value is -2.15. The number of hydrogen-bond acceptors (Lipinski definition) is 5. The first-order valence-electron chi connectivity index (χ1n) is 10.2. The maximum absolute atomic E-state index is 13.0. The van der Waals surface area contributed by atoms with Crippen LogP contribution in [0.2, 0.25) is 0 Å². The molecule has 7 nitrogen and oxygen atoms in total. The number of piperidine rings is 1. The van der Waals surface area contributed by atoms with Gasteiger partial charge in [-0.2, -0.15) is 0 Å². The summed E-state index contributed by atoms with van der Waals surface area (Å²) < 4.78 is 0. The van der Waals surface area contributed by atoms with E-state index in [1.165, 1.54) is 0 Å². The lowest BCUT2D eigenvalue weighted by atomic mass is 9.88. The van der Waals surface area contributed by atoms with Crippen LogP contribution in [0.1, 0.15) is 19.3 Å². The number of rotatable bonds is 3. The van der Waals surface area contributed by atoms with E-state index >= 15 is 0 Å². The van der Waals surface area contributed by atoms with Gasteiger partial charge in [-0.3, -0.25) is 14.6 Å². The van der Waals surface area contributed by atoms with Gasteiger partial charge in [0, 0.05) is 70.4 Å². The monoisotopic (exact) mass is 371 g/mol. The van der Waals surface area contributed by atoms with E-state index in [1.807, 2.05) is 21.9 Å². The molecule has 3 aliphatic heterocycles. The minimum absolute atomic E-state index is 0.0519. The molecule has 2 amide bonds. The summed E-state index contributed by atoms with van der Waals surface area (Å²) >= 11 is 0. The summed E-state index contributed by atoms with van der Waals surface area (Å²) in [5.41, 5.74) is 1.16. The molecule has 0 bridgehead atoms. The van der Waals surface area contributed by atoms with E-state index in [0.717, 1.165) is 57.8 Å². The molecule has 27 heavy (non-hydrogen) atoms. The van der Waals surface area contributed by atoms with Crippen LogP contribution in [-0.4, -0.2) is 79.0 Å². The third-order valence-corrected chi connectivity index (χ3v) is 6.09. The van der Waals surface area contributed by atoms with E-state index in [-0.39, 0.29) is 23.7 Å². The number of pyridine rings is 1. The Morgan fingerprint density at radius 2 is 1.41 bits per heavy atom. The summed E-state index contributed by atoms with van der Waals surface area (Å²) in [5, 5.41) is 3.33. The van der Waals surface area contributed by atoms with E-state index in [2.05, 4.69) is 15.2 Å². The van der Waals surface area contributed by atoms with Crippen LogP contribution in [-0.2, 0) is 9.59 Å². The Bertz CT molecular complexity index is 654. The van der Waals surface area contributed by atoms with Crippen LogP contribution in [0.25, 0.3) is 0 Å². The second kappa shape index (κ2) is 8.25. The average Bonchev–Trinajstić information content (AvgIpc) is 3.28. The van der Waals surface area contributed by atoms with E-state index in [4.69, 9.17) is 0 Å². The van der Waals surface area contributed by atoms with Crippen molar-refractivity contribution in [2.24, 2.45) is 11.8 Å². The van der Waals surface area contributed by atoms with Gasteiger partial charge < -0.3 is 20.0 Å². The van der Waals surface area contributed by atoms with Crippen LogP contribution in [0.3, 0.4) is 0 Å². The van der Waals surface area contributed by atoms with Gasteiger partial charge in [-0.1, -0.05) is 0 Å². The van der Waals surface area contributed by atoms with Gasteiger partial charge in [0.25, 0.3) is 0 Å². The minimum atomic E-state index is -0.0808. The molecule has 0 aliphatic carbocycles. The molecule has 2 atom stereocenters. The molecule has 0 aromatic carbocycles. The first kappa shape index (κ1) is 18.2. The highest BCUT2D eigenvalue weighted by Crippen LogP contribution is 2.24. The number of aromatic nitrogens is 1. The van der Waals surface area contributed by atoms with Crippen LogP contribution in [0.4, 0.5) is 5.69 Å². The van der Waals surface area contributed by atoms with Gasteiger partial charge >= 0.3 is 0 Å². The van der Waals surface area contributed by atoms with E-state index in [1.54, 1.807) is 12.4 Å². The molecule has 4 rings (SSSR count). The molecular formula is C20H29N5O2. The molecule has 3 fully saturated rings. The van der Waals surface area contributed by atoms with Gasteiger partial charge in [-0.05, 0) is 31.4 Å². The molecular weight excluding hydrogens is 342 g/mol. The van der Waals surface area contributed by atoms with E-state index in [0.29, 0.717) is 19.5 Å². The smallest absolute Gasteiger partial charge is 0.227 e. The van der Waals surface area contributed by atoms with Crippen molar-refractivity contribution < 1.29 is 9.59 Å². The van der Waals surface area contributed by atoms with Crippen LogP contribution in [0.15, 0.2) is 24.5 Å². The van der Waals surface area contributed by atoms with Gasteiger partial charge in [0.15, 0.2) is 0 Å². The first-order chi connectivity index (χ1) is 13.2. The minimum Gasteiger partial charge on any atom is -0.368 e. The van der Waals surface area contributed by atoms with Crippen LogP contribution >= 0.6 is 0 Å². The predicted octanol–water partition coefficient (Wildman–Crippen LogP) is 0.578. The Morgan fingerprint density at radius 3 is 2.00 bits per heavy atom. The summed E-state index contributed by atoms with van der Waals surface area (Å²) in [6.07, 6.45) is 6.51. The topological polar surface area (TPSA) is 68.8 Å². The summed E-state index contributed by atoms with van der Waals surface area (Å²) in [7, 11) is 0. The van der Waals surface area contributed by atoms with Crippen molar-refractivity contribution in [2.45, 2.75) is 19.3 Å². The number of carbonyl (C=O) groups excluding carboxylic acids is 2. The van der Waals surface area contributed by atoms with Crippen molar-refractivity contribution >= 4 is 17.5 Å².